The van der Waals surface area contributed by atoms with Gasteiger partial charge in [-0.25, -0.2) is 4.98 Å². The number of hydrogen-bond acceptors (Lipinski definition) is 4. The number of thiophene rings is 1. The van der Waals surface area contributed by atoms with Crippen LogP contribution in [0.1, 0.15) is 44.0 Å². The Labute approximate surface area is 140 Å². The average molecular weight is 335 g/mol. The number of nitrogens with zero attached hydrogens (tertiary/aromatic N) is 2. The van der Waals surface area contributed by atoms with Gasteiger partial charge in [0.15, 0.2) is 0 Å². The van der Waals surface area contributed by atoms with E-state index in [1.807, 2.05) is 24.4 Å². The third-order valence-corrected chi connectivity index (χ3v) is 6.63. The molecule has 1 amide bonds. The molecule has 3 rings (SSSR count). The Kier molecular flexibility index (Phi) is 4.64. The Bertz CT molecular complexity index is 674. The van der Waals surface area contributed by atoms with Gasteiger partial charge < -0.3 is 4.90 Å². The smallest absolute Gasteiger partial charge is 0.263 e. The minimum atomic E-state index is 0.161. The molecular formula is C17H22N2OS2. The second-order valence-electron chi connectivity index (χ2n) is 6.24. The topological polar surface area (TPSA) is 33.2 Å². The fourth-order valence-corrected chi connectivity index (χ4v) is 4.91. The maximum Gasteiger partial charge on any atom is 0.263 e. The van der Waals surface area contributed by atoms with E-state index < -0.39 is 0 Å². The van der Waals surface area contributed by atoms with E-state index in [0.717, 1.165) is 42.3 Å². The van der Waals surface area contributed by atoms with Crippen LogP contribution in [0, 0.1) is 12.8 Å². The number of rotatable bonds is 4. The summed E-state index contributed by atoms with van der Waals surface area (Å²) < 4.78 is 0. The molecule has 0 aromatic carbocycles. The molecule has 1 aliphatic rings. The van der Waals surface area contributed by atoms with Crippen LogP contribution in [-0.4, -0.2) is 29.4 Å². The SMILES string of the molecule is Cc1ncsc1CCN(C)C(=O)c1cc2c(s1)CC[C@@H](C)C2. The highest BCUT2D eigenvalue weighted by Crippen LogP contribution is 2.32. The van der Waals surface area contributed by atoms with Crippen LogP contribution in [0.25, 0.3) is 0 Å². The van der Waals surface area contributed by atoms with Crippen molar-refractivity contribution < 1.29 is 4.79 Å². The fraction of sp³-hybridized carbons (Fsp3) is 0.529. The molecule has 0 saturated carbocycles. The van der Waals surface area contributed by atoms with Crippen molar-refractivity contribution in [2.24, 2.45) is 5.92 Å². The summed E-state index contributed by atoms with van der Waals surface area (Å²) in [6.45, 7) is 5.08. The molecule has 0 N–H and O–H groups in total. The van der Waals surface area contributed by atoms with Crippen LogP contribution >= 0.6 is 22.7 Å². The maximum absolute atomic E-state index is 12.6. The first-order valence-electron chi connectivity index (χ1n) is 7.80. The first-order valence-corrected chi connectivity index (χ1v) is 9.50. The van der Waals surface area contributed by atoms with Crippen LogP contribution in [0.15, 0.2) is 11.6 Å². The largest absolute Gasteiger partial charge is 0.341 e. The Balaban J connectivity index is 1.64. The van der Waals surface area contributed by atoms with Gasteiger partial charge in [0, 0.05) is 29.8 Å². The molecular weight excluding hydrogens is 312 g/mol. The van der Waals surface area contributed by atoms with E-state index in [4.69, 9.17) is 0 Å². The van der Waals surface area contributed by atoms with Crippen molar-refractivity contribution in [2.45, 2.75) is 39.5 Å². The molecule has 2 aromatic rings. The van der Waals surface area contributed by atoms with Gasteiger partial charge in [0.05, 0.1) is 16.1 Å². The highest BCUT2D eigenvalue weighted by molar-refractivity contribution is 7.14. The summed E-state index contributed by atoms with van der Waals surface area (Å²) in [5.41, 5.74) is 4.37. The minimum absolute atomic E-state index is 0.161. The summed E-state index contributed by atoms with van der Waals surface area (Å²) in [5.74, 6) is 0.909. The van der Waals surface area contributed by atoms with Crippen molar-refractivity contribution in [1.29, 1.82) is 0 Å². The van der Waals surface area contributed by atoms with Crippen LogP contribution in [0.2, 0.25) is 0 Å². The number of carbonyl (C=O) groups excluding carboxylic acids is 1. The number of aryl methyl sites for hydroxylation is 2. The van der Waals surface area contributed by atoms with Gasteiger partial charge in [-0.05, 0) is 43.7 Å². The average Bonchev–Trinajstić information content (AvgIpc) is 3.09. The predicted octanol–water partition coefficient (Wildman–Crippen LogP) is 3.95. The quantitative estimate of drug-likeness (QED) is 0.848. The van der Waals surface area contributed by atoms with Crippen molar-refractivity contribution >= 4 is 28.6 Å². The first kappa shape index (κ1) is 15.7. The first-order chi connectivity index (χ1) is 10.5. The van der Waals surface area contributed by atoms with E-state index in [0.29, 0.717) is 0 Å². The predicted molar refractivity (Wildman–Crippen MR) is 93.0 cm³/mol. The van der Waals surface area contributed by atoms with E-state index >= 15 is 0 Å². The Morgan fingerprint density at radius 3 is 3.05 bits per heavy atom. The van der Waals surface area contributed by atoms with Gasteiger partial charge >= 0.3 is 0 Å². The summed E-state index contributed by atoms with van der Waals surface area (Å²) in [6, 6.07) is 2.13. The summed E-state index contributed by atoms with van der Waals surface area (Å²) in [7, 11) is 1.90. The van der Waals surface area contributed by atoms with E-state index in [-0.39, 0.29) is 5.91 Å². The number of aromatic nitrogens is 1. The number of thiazole rings is 1. The van der Waals surface area contributed by atoms with Gasteiger partial charge in [-0.1, -0.05) is 6.92 Å². The van der Waals surface area contributed by atoms with Crippen LogP contribution < -0.4 is 0 Å². The lowest BCUT2D eigenvalue weighted by Gasteiger charge is -2.16. The lowest BCUT2D eigenvalue weighted by molar-refractivity contribution is 0.0801. The molecule has 0 fully saturated rings. The second kappa shape index (κ2) is 6.50. The van der Waals surface area contributed by atoms with E-state index in [1.165, 1.54) is 21.7 Å². The van der Waals surface area contributed by atoms with Crippen LogP contribution in [-0.2, 0) is 19.3 Å². The molecule has 0 radical (unpaired) electrons. The molecule has 0 bridgehead atoms. The lowest BCUT2D eigenvalue weighted by atomic mass is 9.90. The zero-order valence-electron chi connectivity index (χ0n) is 13.4. The molecule has 2 aromatic heterocycles. The minimum Gasteiger partial charge on any atom is -0.341 e. The zero-order chi connectivity index (χ0) is 15.7. The van der Waals surface area contributed by atoms with Crippen molar-refractivity contribution in [1.82, 2.24) is 9.88 Å². The van der Waals surface area contributed by atoms with Crippen LogP contribution in [0.3, 0.4) is 0 Å². The van der Waals surface area contributed by atoms with Gasteiger partial charge in [-0.3, -0.25) is 4.79 Å². The summed E-state index contributed by atoms with van der Waals surface area (Å²) >= 11 is 3.37. The number of carbonyl (C=O) groups is 1. The molecule has 0 aliphatic heterocycles. The standard InChI is InChI=1S/C17H22N2OS2/c1-11-4-5-15-13(8-11)9-16(22-15)17(20)19(3)7-6-14-12(2)18-10-21-14/h9-11H,4-8H2,1-3H3/t11-/m1/s1. The van der Waals surface area contributed by atoms with E-state index in [1.54, 1.807) is 22.7 Å². The second-order valence-corrected chi connectivity index (χ2v) is 8.32. The number of amides is 1. The highest BCUT2D eigenvalue weighted by Gasteiger charge is 2.22. The molecule has 2 heterocycles. The maximum atomic E-state index is 12.6. The molecule has 22 heavy (non-hydrogen) atoms. The highest BCUT2D eigenvalue weighted by atomic mass is 32.1. The van der Waals surface area contributed by atoms with Gasteiger partial charge in [0.1, 0.15) is 0 Å². The molecule has 5 heteroatoms. The number of likely N-dealkylation sites (N-methyl/N-ethyl adjacent to an activating group) is 1. The molecule has 3 nitrogen and oxygen atoms in total. The van der Waals surface area contributed by atoms with E-state index in [9.17, 15) is 4.79 Å². The number of hydrogen-bond donors (Lipinski definition) is 0. The molecule has 0 spiro atoms. The van der Waals surface area contributed by atoms with Crippen LogP contribution in [0.4, 0.5) is 0 Å². The third kappa shape index (κ3) is 3.25. The lowest BCUT2D eigenvalue weighted by Crippen LogP contribution is -2.28. The molecule has 1 atom stereocenters. The fourth-order valence-electron chi connectivity index (χ4n) is 2.94. The molecule has 0 saturated heterocycles. The van der Waals surface area contributed by atoms with E-state index in [2.05, 4.69) is 18.0 Å². The Morgan fingerprint density at radius 1 is 1.50 bits per heavy atom. The van der Waals surface area contributed by atoms with Gasteiger partial charge in [-0.15, -0.1) is 22.7 Å². The summed E-state index contributed by atoms with van der Waals surface area (Å²) in [5, 5.41) is 0. The Morgan fingerprint density at radius 2 is 2.32 bits per heavy atom. The molecule has 0 unspecified atom stereocenters. The molecule has 1 aliphatic carbocycles. The molecule has 118 valence electrons. The van der Waals surface area contributed by atoms with Crippen LogP contribution in [0.5, 0.6) is 0 Å². The third-order valence-electron chi connectivity index (χ3n) is 4.41. The monoisotopic (exact) mass is 334 g/mol. The zero-order valence-corrected chi connectivity index (χ0v) is 15.0. The van der Waals surface area contributed by atoms with Crippen molar-refractivity contribution in [2.75, 3.05) is 13.6 Å². The van der Waals surface area contributed by atoms with Gasteiger partial charge in [-0.2, -0.15) is 0 Å². The van der Waals surface area contributed by atoms with Crippen molar-refractivity contribution in [3.8, 4) is 0 Å². The van der Waals surface area contributed by atoms with Crippen molar-refractivity contribution in [3.05, 3.63) is 37.5 Å². The summed E-state index contributed by atoms with van der Waals surface area (Å²) in [6.07, 6.45) is 4.41. The normalized spacial score (nSPS) is 17.3. The Hall–Kier alpha value is -1.20. The van der Waals surface area contributed by atoms with Gasteiger partial charge in [0.25, 0.3) is 5.91 Å². The van der Waals surface area contributed by atoms with Gasteiger partial charge in [0.2, 0.25) is 0 Å². The number of fused-ring (bicyclic) bond motifs is 1. The van der Waals surface area contributed by atoms with Crippen molar-refractivity contribution in [3.63, 3.8) is 0 Å². The summed E-state index contributed by atoms with van der Waals surface area (Å²) in [4.78, 5) is 22.3.